The zero-order valence-electron chi connectivity index (χ0n) is 17.9. The topological polar surface area (TPSA) is 112 Å². The van der Waals surface area contributed by atoms with Crippen molar-refractivity contribution in [2.45, 2.75) is 6.54 Å². The Morgan fingerprint density at radius 2 is 1.67 bits per heavy atom. The molecule has 0 atom stereocenters. The Morgan fingerprint density at radius 3 is 2.33 bits per heavy atom. The van der Waals surface area contributed by atoms with Crippen molar-refractivity contribution in [3.8, 4) is 11.4 Å². The van der Waals surface area contributed by atoms with Crippen molar-refractivity contribution in [2.24, 2.45) is 0 Å². The lowest BCUT2D eigenvalue weighted by molar-refractivity contribution is 0.626. The first-order valence-corrected chi connectivity index (χ1v) is 11.0. The molecule has 0 unspecified atom stereocenters. The van der Waals surface area contributed by atoms with E-state index in [9.17, 15) is 18.8 Å². The van der Waals surface area contributed by atoms with Crippen molar-refractivity contribution in [3.05, 3.63) is 119 Å². The van der Waals surface area contributed by atoms with Crippen molar-refractivity contribution in [1.29, 1.82) is 0 Å². The molecule has 0 spiro atoms. The first kappa shape index (κ1) is 23.2. The number of nitrogens with zero attached hydrogens (tertiary/aromatic N) is 6. The van der Waals surface area contributed by atoms with Gasteiger partial charge in [0.15, 0.2) is 0 Å². The molecule has 5 rings (SSSR count). The summed E-state index contributed by atoms with van der Waals surface area (Å²) >= 11 is 13.0. The molecule has 0 saturated heterocycles. The molecule has 36 heavy (non-hydrogen) atoms. The molecule has 0 saturated carbocycles. The van der Waals surface area contributed by atoms with Gasteiger partial charge in [-0.1, -0.05) is 41.9 Å². The zero-order valence-corrected chi connectivity index (χ0v) is 19.5. The maximum atomic E-state index is 13.3. The first-order chi connectivity index (χ1) is 17.3. The Balaban J connectivity index is 1.63. The van der Waals surface area contributed by atoms with Crippen LogP contribution >= 0.6 is 23.2 Å². The molecule has 3 aromatic heterocycles. The van der Waals surface area contributed by atoms with E-state index in [0.717, 1.165) is 10.2 Å². The van der Waals surface area contributed by atoms with Gasteiger partial charge < -0.3 is 9.41 Å². The smallest absolute Gasteiger partial charge is 0.354 e. The number of rotatable bonds is 4. The minimum atomic E-state index is -0.908. The first-order valence-electron chi connectivity index (χ1n) is 10.2. The third-order valence-corrected chi connectivity index (χ3v) is 5.93. The number of fused-ring (bicyclic) bond motifs is 1. The molecule has 0 amide bonds. The standard InChI is InChI=1S/C23H12Cl2FN7O3/c1-27-21-22(35)29-23(36)32(30-21)14-8-15(24)20(16(25)9-14)33-17-6-7-19(34)31(18(17)10-28-33)11-12-2-4-13(26)5-3-12/h2-10H,11H2,(H,29,35,36). The normalized spacial score (nSPS) is 11.1. The number of benzene rings is 2. The minimum Gasteiger partial charge on any atom is -0.354 e. The van der Waals surface area contributed by atoms with Crippen LogP contribution in [0.4, 0.5) is 10.2 Å². The van der Waals surface area contributed by atoms with Crippen LogP contribution in [0.1, 0.15) is 5.56 Å². The highest BCUT2D eigenvalue weighted by Crippen LogP contribution is 2.33. The molecule has 1 N–H and O–H groups in total. The summed E-state index contributed by atoms with van der Waals surface area (Å²) in [5, 5.41) is 8.29. The Bertz CT molecular complexity index is 1860. The maximum absolute atomic E-state index is 13.3. The van der Waals surface area contributed by atoms with Gasteiger partial charge in [-0.3, -0.25) is 14.6 Å². The van der Waals surface area contributed by atoms with Crippen LogP contribution < -0.4 is 16.8 Å². The van der Waals surface area contributed by atoms with Gasteiger partial charge in [-0.2, -0.15) is 5.10 Å². The third-order valence-electron chi connectivity index (χ3n) is 5.36. The highest BCUT2D eigenvalue weighted by atomic mass is 35.5. The van der Waals surface area contributed by atoms with Crippen LogP contribution in [0, 0.1) is 12.4 Å². The van der Waals surface area contributed by atoms with E-state index in [1.807, 2.05) is 4.98 Å². The minimum absolute atomic E-state index is 0.0862. The van der Waals surface area contributed by atoms with E-state index in [1.165, 1.54) is 45.8 Å². The molecule has 13 heteroatoms. The van der Waals surface area contributed by atoms with Crippen molar-refractivity contribution in [1.82, 2.24) is 29.1 Å². The van der Waals surface area contributed by atoms with Crippen molar-refractivity contribution in [2.75, 3.05) is 0 Å². The van der Waals surface area contributed by atoms with Gasteiger partial charge in [0, 0.05) is 6.07 Å². The SMILES string of the molecule is [C-]#[N+]c1nn(-c2cc(Cl)c(-n3ncc4c3ccc(=O)n4Cc3ccc(F)cc3)c(Cl)c2)c(=O)[nH]c1=O. The Kier molecular flexibility index (Phi) is 5.75. The van der Waals surface area contributed by atoms with Crippen LogP contribution in [0.25, 0.3) is 27.3 Å². The summed E-state index contributed by atoms with van der Waals surface area (Å²) in [6.07, 6.45) is 1.48. The fraction of sp³-hybridized carbons (Fsp3) is 0.0435. The third kappa shape index (κ3) is 3.98. The monoisotopic (exact) mass is 523 g/mol. The van der Waals surface area contributed by atoms with E-state index >= 15 is 0 Å². The largest absolute Gasteiger partial charge is 0.365 e. The number of hydrogen-bond acceptors (Lipinski definition) is 5. The summed E-state index contributed by atoms with van der Waals surface area (Å²) in [5.74, 6) is -0.905. The summed E-state index contributed by atoms with van der Waals surface area (Å²) in [6, 6.07) is 11.5. The van der Waals surface area contributed by atoms with Gasteiger partial charge in [0.2, 0.25) is 0 Å². The molecule has 178 valence electrons. The average Bonchev–Trinajstić information content (AvgIpc) is 3.25. The summed E-state index contributed by atoms with van der Waals surface area (Å²) < 4.78 is 17.0. The van der Waals surface area contributed by atoms with E-state index in [-0.39, 0.29) is 39.3 Å². The molecule has 10 nitrogen and oxygen atoms in total. The van der Waals surface area contributed by atoms with Crippen molar-refractivity contribution < 1.29 is 4.39 Å². The summed E-state index contributed by atoms with van der Waals surface area (Å²) in [7, 11) is 0. The molecule has 0 aliphatic rings. The number of H-pyrrole nitrogens is 1. The molecular weight excluding hydrogens is 512 g/mol. The van der Waals surface area contributed by atoms with Crippen LogP contribution in [0.5, 0.6) is 0 Å². The predicted molar refractivity (Wildman–Crippen MR) is 131 cm³/mol. The molecule has 3 heterocycles. The second kappa shape index (κ2) is 8.92. The number of halogens is 3. The number of aromatic nitrogens is 6. The molecule has 0 radical (unpaired) electrons. The molecular formula is C23H12Cl2FN7O3. The zero-order chi connectivity index (χ0) is 25.6. The van der Waals surface area contributed by atoms with E-state index in [0.29, 0.717) is 11.0 Å². The van der Waals surface area contributed by atoms with E-state index in [2.05, 4.69) is 15.0 Å². The number of aromatic amines is 1. The van der Waals surface area contributed by atoms with Crippen molar-refractivity contribution in [3.63, 3.8) is 0 Å². The average molecular weight is 524 g/mol. The molecule has 0 bridgehead atoms. The van der Waals surface area contributed by atoms with E-state index in [1.54, 1.807) is 18.2 Å². The maximum Gasteiger partial charge on any atom is 0.365 e. The highest BCUT2D eigenvalue weighted by Gasteiger charge is 2.19. The Labute approximate surface area is 210 Å². The second-order valence-corrected chi connectivity index (χ2v) is 8.39. The Hall–Kier alpha value is -4.53. The number of nitrogens with one attached hydrogen (secondary N) is 1. The van der Waals surface area contributed by atoms with Gasteiger partial charge in [0.1, 0.15) is 11.5 Å². The Morgan fingerprint density at radius 1 is 0.972 bits per heavy atom. The fourth-order valence-electron chi connectivity index (χ4n) is 3.70. The van der Waals surface area contributed by atoms with Crippen LogP contribution in [0.15, 0.2) is 69.1 Å². The summed E-state index contributed by atoms with van der Waals surface area (Å²) in [6.45, 7) is 7.23. The number of pyridine rings is 1. The molecule has 0 fully saturated rings. The van der Waals surface area contributed by atoms with E-state index in [4.69, 9.17) is 29.8 Å². The van der Waals surface area contributed by atoms with Gasteiger partial charge in [0.05, 0.1) is 39.5 Å². The summed E-state index contributed by atoms with van der Waals surface area (Å²) in [4.78, 5) is 41.5. The number of hydrogen-bond donors (Lipinski definition) is 1. The summed E-state index contributed by atoms with van der Waals surface area (Å²) in [5.41, 5.74) is 0.0499. The van der Waals surface area contributed by atoms with Gasteiger partial charge in [-0.25, -0.2) is 13.9 Å². The van der Waals surface area contributed by atoms with Gasteiger partial charge >= 0.3 is 11.5 Å². The molecule has 2 aromatic carbocycles. The van der Waals surface area contributed by atoms with Crippen LogP contribution in [0.3, 0.4) is 0 Å². The van der Waals surface area contributed by atoms with Crippen LogP contribution in [-0.4, -0.2) is 29.1 Å². The quantitative estimate of drug-likeness (QED) is 0.362. The lowest BCUT2D eigenvalue weighted by Gasteiger charge is -2.12. The predicted octanol–water partition coefficient (Wildman–Crippen LogP) is 3.47. The van der Waals surface area contributed by atoms with Crippen molar-refractivity contribution >= 4 is 40.1 Å². The molecule has 0 aliphatic carbocycles. The van der Waals surface area contributed by atoms with Gasteiger partial charge in [0.25, 0.3) is 11.1 Å². The molecule has 0 aliphatic heterocycles. The van der Waals surface area contributed by atoms with Gasteiger partial charge in [-0.05, 0) is 41.0 Å². The fourth-order valence-corrected chi connectivity index (χ4v) is 4.34. The van der Waals surface area contributed by atoms with E-state index < -0.39 is 17.1 Å². The lowest BCUT2D eigenvalue weighted by atomic mass is 10.2. The van der Waals surface area contributed by atoms with Gasteiger partial charge in [-0.15, -0.1) is 4.68 Å². The molecule has 5 aromatic rings. The van der Waals surface area contributed by atoms with Crippen LogP contribution in [-0.2, 0) is 6.54 Å². The highest BCUT2D eigenvalue weighted by molar-refractivity contribution is 6.38. The van der Waals surface area contributed by atoms with Crippen LogP contribution in [0.2, 0.25) is 10.0 Å². The lowest BCUT2D eigenvalue weighted by Crippen LogP contribution is -2.30. The second-order valence-electron chi connectivity index (χ2n) is 7.58.